The van der Waals surface area contributed by atoms with Crippen LogP contribution in [0.2, 0.25) is 0 Å². The largest absolute Gasteiger partial charge is 0.390 e. The van der Waals surface area contributed by atoms with Crippen LogP contribution in [0.1, 0.15) is 26.2 Å². The van der Waals surface area contributed by atoms with E-state index in [9.17, 15) is 5.11 Å². The third-order valence-corrected chi connectivity index (χ3v) is 4.43. The zero-order valence-corrected chi connectivity index (χ0v) is 11.6. The van der Waals surface area contributed by atoms with Crippen LogP contribution in [0.25, 0.3) is 11.0 Å². The summed E-state index contributed by atoms with van der Waals surface area (Å²) < 4.78 is 2.05. The summed E-state index contributed by atoms with van der Waals surface area (Å²) in [5, 5.41) is 10.3. The minimum atomic E-state index is -0.464. The second kappa shape index (κ2) is 4.53. The number of hydrogen-bond acceptors (Lipinski definition) is 3. The number of fused-ring (bicyclic) bond motifs is 1. The van der Waals surface area contributed by atoms with E-state index in [1.807, 2.05) is 17.9 Å². The minimum absolute atomic E-state index is 0.464. The first-order valence-electron chi connectivity index (χ1n) is 7.00. The fourth-order valence-corrected chi connectivity index (χ4v) is 2.92. The molecule has 0 bridgehead atoms. The Kier molecular flexibility index (Phi) is 2.97. The van der Waals surface area contributed by atoms with E-state index in [-0.39, 0.29) is 0 Å². The number of anilines is 1. The first kappa shape index (κ1) is 12.5. The van der Waals surface area contributed by atoms with Crippen molar-refractivity contribution in [3.8, 4) is 0 Å². The average molecular weight is 259 g/mol. The Hall–Kier alpha value is -1.55. The molecule has 3 rings (SSSR count). The molecule has 1 fully saturated rings. The maximum Gasteiger partial charge on any atom is 0.112 e. The highest BCUT2D eigenvalue weighted by atomic mass is 16.3. The fraction of sp³-hybridized carbons (Fsp3) is 0.533. The lowest BCUT2D eigenvalue weighted by atomic mass is 9.89. The van der Waals surface area contributed by atoms with Gasteiger partial charge in [-0.25, -0.2) is 4.98 Å². The van der Waals surface area contributed by atoms with Crippen LogP contribution in [-0.4, -0.2) is 33.3 Å². The van der Waals surface area contributed by atoms with Crippen LogP contribution in [0, 0.1) is 0 Å². The van der Waals surface area contributed by atoms with Gasteiger partial charge in [-0.2, -0.15) is 0 Å². The number of imidazole rings is 1. The van der Waals surface area contributed by atoms with E-state index in [1.54, 1.807) is 0 Å². The molecule has 1 N–H and O–H groups in total. The third-order valence-electron chi connectivity index (χ3n) is 4.43. The molecule has 1 aliphatic heterocycles. The fourth-order valence-electron chi connectivity index (χ4n) is 2.92. The predicted molar refractivity (Wildman–Crippen MR) is 77.4 cm³/mol. The molecule has 1 aromatic carbocycles. The molecule has 4 nitrogen and oxygen atoms in total. The highest BCUT2D eigenvalue weighted by molar-refractivity contribution is 5.89. The van der Waals surface area contributed by atoms with Gasteiger partial charge in [0.1, 0.15) is 5.52 Å². The van der Waals surface area contributed by atoms with Gasteiger partial charge in [0.25, 0.3) is 0 Å². The lowest BCUT2D eigenvalue weighted by Gasteiger charge is -2.38. The molecular weight excluding hydrogens is 238 g/mol. The van der Waals surface area contributed by atoms with Gasteiger partial charge >= 0.3 is 0 Å². The number of nitrogens with zero attached hydrogens (tertiary/aromatic N) is 3. The Balaban J connectivity index is 1.90. The van der Waals surface area contributed by atoms with E-state index >= 15 is 0 Å². The maximum atomic E-state index is 10.3. The standard InChI is InChI=1S/C15H21N3O/c1-3-15(19)7-9-18(10-8-15)13-6-4-5-12-14(13)16-11-17(12)2/h4-6,11,19H,3,7-10H2,1-2H3. The van der Waals surface area contributed by atoms with Crippen molar-refractivity contribution in [3.63, 3.8) is 0 Å². The molecule has 19 heavy (non-hydrogen) atoms. The quantitative estimate of drug-likeness (QED) is 0.900. The van der Waals surface area contributed by atoms with Crippen molar-refractivity contribution in [3.05, 3.63) is 24.5 Å². The van der Waals surface area contributed by atoms with E-state index < -0.39 is 5.60 Å². The molecule has 0 atom stereocenters. The number of rotatable bonds is 2. The molecule has 1 aromatic heterocycles. The summed E-state index contributed by atoms with van der Waals surface area (Å²) >= 11 is 0. The molecule has 0 unspecified atom stereocenters. The van der Waals surface area contributed by atoms with Crippen LogP contribution in [0.15, 0.2) is 24.5 Å². The number of aromatic nitrogens is 2. The summed E-state index contributed by atoms with van der Waals surface area (Å²) in [5.41, 5.74) is 2.95. The number of benzene rings is 1. The van der Waals surface area contributed by atoms with Gasteiger partial charge < -0.3 is 14.6 Å². The van der Waals surface area contributed by atoms with Crippen LogP contribution in [0.5, 0.6) is 0 Å². The van der Waals surface area contributed by atoms with Gasteiger partial charge in [-0.05, 0) is 31.4 Å². The average Bonchev–Trinajstić information content (AvgIpc) is 2.82. The monoisotopic (exact) mass is 259 g/mol. The van der Waals surface area contributed by atoms with Crippen LogP contribution in [-0.2, 0) is 7.05 Å². The van der Waals surface area contributed by atoms with E-state index in [4.69, 9.17) is 0 Å². The van der Waals surface area contributed by atoms with Crippen LogP contribution >= 0.6 is 0 Å². The predicted octanol–water partition coefficient (Wildman–Crippen LogP) is 2.31. The number of aryl methyl sites for hydroxylation is 1. The Morgan fingerprint density at radius 3 is 2.74 bits per heavy atom. The summed E-state index contributed by atoms with van der Waals surface area (Å²) in [6.07, 6.45) is 4.38. The molecule has 2 heterocycles. The van der Waals surface area contributed by atoms with Crippen molar-refractivity contribution in [1.29, 1.82) is 0 Å². The van der Waals surface area contributed by atoms with E-state index in [0.717, 1.165) is 43.4 Å². The van der Waals surface area contributed by atoms with Crippen LogP contribution in [0.3, 0.4) is 0 Å². The molecule has 0 radical (unpaired) electrons. The topological polar surface area (TPSA) is 41.3 Å². The second-order valence-corrected chi connectivity index (χ2v) is 5.57. The highest BCUT2D eigenvalue weighted by Crippen LogP contribution is 2.31. The smallest absolute Gasteiger partial charge is 0.112 e. The van der Waals surface area contributed by atoms with E-state index in [1.165, 1.54) is 5.69 Å². The molecule has 102 valence electrons. The number of para-hydroxylation sites is 1. The Bertz CT molecular complexity index is 582. The highest BCUT2D eigenvalue weighted by Gasteiger charge is 2.31. The van der Waals surface area contributed by atoms with Crippen molar-refractivity contribution < 1.29 is 5.11 Å². The molecule has 0 amide bonds. The molecule has 4 heteroatoms. The molecule has 0 spiro atoms. The molecule has 1 saturated heterocycles. The van der Waals surface area contributed by atoms with Crippen molar-refractivity contribution in [2.45, 2.75) is 31.8 Å². The Morgan fingerprint density at radius 1 is 1.32 bits per heavy atom. The van der Waals surface area contributed by atoms with Gasteiger partial charge in [0, 0.05) is 20.1 Å². The van der Waals surface area contributed by atoms with Gasteiger partial charge in [0.05, 0.1) is 23.1 Å². The van der Waals surface area contributed by atoms with Crippen molar-refractivity contribution in [1.82, 2.24) is 9.55 Å². The lowest BCUT2D eigenvalue weighted by molar-refractivity contribution is 0.0126. The zero-order valence-electron chi connectivity index (χ0n) is 11.6. The van der Waals surface area contributed by atoms with Crippen molar-refractivity contribution >= 4 is 16.7 Å². The lowest BCUT2D eigenvalue weighted by Crippen LogP contribution is -2.44. The minimum Gasteiger partial charge on any atom is -0.390 e. The van der Waals surface area contributed by atoms with E-state index in [2.05, 4.69) is 35.0 Å². The summed E-state index contributed by atoms with van der Waals surface area (Å²) in [6, 6.07) is 6.31. The van der Waals surface area contributed by atoms with Gasteiger partial charge in [-0.3, -0.25) is 0 Å². The van der Waals surface area contributed by atoms with Crippen LogP contribution < -0.4 is 4.90 Å². The van der Waals surface area contributed by atoms with Crippen molar-refractivity contribution in [2.24, 2.45) is 7.05 Å². The number of piperidine rings is 1. The molecule has 1 aliphatic rings. The SMILES string of the molecule is CCC1(O)CCN(c2cccc3c2ncn3C)CC1. The van der Waals surface area contributed by atoms with Crippen molar-refractivity contribution in [2.75, 3.05) is 18.0 Å². The first-order valence-corrected chi connectivity index (χ1v) is 7.00. The Morgan fingerprint density at radius 2 is 2.05 bits per heavy atom. The van der Waals surface area contributed by atoms with E-state index in [0.29, 0.717) is 0 Å². The van der Waals surface area contributed by atoms with Gasteiger partial charge in [0.2, 0.25) is 0 Å². The first-order chi connectivity index (χ1) is 9.13. The molecule has 2 aromatic rings. The maximum absolute atomic E-state index is 10.3. The third kappa shape index (κ3) is 2.10. The van der Waals surface area contributed by atoms with Gasteiger partial charge in [-0.15, -0.1) is 0 Å². The molecule has 0 aliphatic carbocycles. The van der Waals surface area contributed by atoms with Crippen LogP contribution in [0.4, 0.5) is 5.69 Å². The summed E-state index contributed by atoms with van der Waals surface area (Å²) in [4.78, 5) is 6.86. The number of hydrogen-bond donors (Lipinski definition) is 1. The summed E-state index contributed by atoms with van der Waals surface area (Å²) in [6.45, 7) is 3.87. The Labute approximate surface area is 113 Å². The van der Waals surface area contributed by atoms with Gasteiger partial charge in [-0.1, -0.05) is 13.0 Å². The number of aliphatic hydroxyl groups is 1. The van der Waals surface area contributed by atoms with Gasteiger partial charge in [0.15, 0.2) is 0 Å². The summed E-state index contributed by atoms with van der Waals surface area (Å²) in [7, 11) is 2.02. The zero-order chi connectivity index (χ0) is 13.5. The normalized spacial score (nSPS) is 19.0. The molecule has 0 saturated carbocycles. The molecular formula is C15H21N3O. The second-order valence-electron chi connectivity index (χ2n) is 5.57. The summed E-state index contributed by atoms with van der Waals surface area (Å²) in [5.74, 6) is 0.